The summed E-state index contributed by atoms with van der Waals surface area (Å²) in [6.45, 7) is 2.46. The Kier molecular flexibility index (Phi) is 4.63. The van der Waals surface area contributed by atoms with Gasteiger partial charge in [0, 0.05) is 36.6 Å². The van der Waals surface area contributed by atoms with Crippen LogP contribution in [0.25, 0.3) is 4.96 Å². The van der Waals surface area contributed by atoms with Gasteiger partial charge in [0.2, 0.25) is 0 Å². The van der Waals surface area contributed by atoms with E-state index in [-0.39, 0.29) is 5.91 Å². The number of fused-ring (bicyclic) bond motifs is 1. The van der Waals surface area contributed by atoms with Gasteiger partial charge >= 0.3 is 0 Å². The predicted octanol–water partition coefficient (Wildman–Crippen LogP) is 3.97. The van der Waals surface area contributed by atoms with Gasteiger partial charge in [0.05, 0.1) is 22.8 Å². The molecule has 1 aliphatic heterocycles. The van der Waals surface area contributed by atoms with Crippen molar-refractivity contribution in [3.05, 3.63) is 52.3 Å². The smallest absolute Gasteiger partial charge is 0.253 e. The lowest BCUT2D eigenvalue weighted by Gasteiger charge is -2.29. The molecule has 2 aromatic heterocycles. The molecule has 1 aromatic carbocycles. The number of halogens is 1. The van der Waals surface area contributed by atoms with E-state index in [4.69, 9.17) is 11.6 Å². The molecule has 0 unspecified atom stereocenters. The van der Waals surface area contributed by atoms with E-state index in [9.17, 15) is 4.79 Å². The highest BCUT2D eigenvalue weighted by molar-refractivity contribution is 7.15. The number of piperidine rings is 1. The number of hydrogen-bond donors (Lipinski definition) is 1. The highest BCUT2D eigenvalue weighted by Gasteiger charge is 2.16. The molecule has 0 bridgehead atoms. The second-order valence-corrected chi connectivity index (χ2v) is 7.50. The number of anilines is 1. The van der Waals surface area contributed by atoms with Gasteiger partial charge in [-0.2, -0.15) is 0 Å². The van der Waals surface area contributed by atoms with Crippen LogP contribution in [-0.2, 0) is 6.54 Å². The van der Waals surface area contributed by atoms with Crippen LogP contribution in [0.4, 0.5) is 5.69 Å². The predicted molar refractivity (Wildman–Crippen MR) is 102 cm³/mol. The van der Waals surface area contributed by atoms with Crippen LogP contribution in [0.2, 0.25) is 5.02 Å². The minimum Gasteiger partial charge on any atom is -0.372 e. The van der Waals surface area contributed by atoms with E-state index in [1.54, 1.807) is 11.3 Å². The lowest BCUT2D eigenvalue weighted by Crippen LogP contribution is -2.30. The first kappa shape index (κ1) is 16.4. The number of rotatable bonds is 4. The van der Waals surface area contributed by atoms with Gasteiger partial charge in [-0.15, -0.1) is 11.3 Å². The molecule has 1 fully saturated rings. The maximum absolute atomic E-state index is 12.6. The molecule has 4 rings (SSSR count). The lowest BCUT2D eigenvalue weighted by molar-refractivity contribution is 0.0950. The van der Waals surface area contributed by atoms with Crippen LogP contribution in [0.1, 0.15) is 35.3 Å². The molecule has 1 N–H and O–H groups in total. The Morgan fingerprint density at radius 3 is 2.92 bits per heavy atom. The Labute approximate surface area is 155 Å². The normalized spacial score (nSPS) is 14.8. The summed E-state index contributed by atoms with van der Waals surface area (Å²) in [6.07, 6.45) is 7.55. The molecule has 1 amide bonds. The van der Waals surface area contributed by atoms with Crippen molar-refractivity contribution >= 4 is 39.5 Å². The van der Waals surface area contributed by atoms with Crippen molar-refractivity contribution in [1.29, 1.82) is 0 Å². The van der Waals surface area contributed by atoms with Crippen LogP contribution in [-0.4, -0.2) is 28.4 Å². The maximum Gasteiger partial charge on any atom is 0.253 e. The van der Waals surface area contributed by atoms with Crippen molar-refractivity contribution in [2.75, 3.05) is 18.0 Å². The van der Waals surface area contributed by atoms with E-state index >= 15 is 0 Å². The number of aromatic nitrogens is 2. The first-order valence-corrected chi connectivity index (χ1v) is 9.70. The van der Waals surface area contributed by atoms with Crippen LogP contribution < -0.4 is 10.2 Å². The van der Waals surface area contributed by atoms with Gasteiger partial charge in [-0.25, -0.2) is 4.98 Å². The highest BCUT2D eigenvalue weighted by Crippen LogP contribution is 2.25. The van der Waals surface area contributed by atoms with Gasteiger partial charge in [-0.05, 0) is 37.5 Å². The third-order valence-corrected chi connectivity index (χ3v) is 5.59. The Hall–Kier alpha value is -2.05. The van der Waals surface area contributed by atoms with Crippen molar-refractivity contribution in [2.24, 2.45) is 0 Å². The molecule has 0 aliphatic carbocycles. The van der Waals surface area contributed by atoms with Gasteiger partial charge in [0.25, 0.3) is 5.91 Å². The number of nitrogens with zero attached hydrogens (tertiary/aromatic N) is 3. The van der Waals surface area contributed by atoms with Crippen LogP contribution in [0.3, 0.4) is 0 Å². The van der Waals surface area contributed by atoms with Crippen LogP contribution >= 0.6 is 22.9 Å². The van der Waals surface area contributed by atoms with E-state index < -0.39 is 0 Å². The Morgan fingerprint density at radius 1 is 1.28 bits per heavy atom. The minimum atomic E-state index is -0.166. The zero-order valence-corrected chi connectivity index (χ0v) is 15.3. The maximum atomic E-state index is 12.6. The molecule has 3 aromatic rings. The first-order chi connectivity index (χ1) is 12.2. The second kappa shape index (κ2) is 7.06. The molecule has 0 saturated carbocycles. The fraction of sp³-hybridized carbons (Fsp3) is 0.333. The molecule has 3 heterocycles. The molecule has 0 atom stereocenters. The molecule has 0 spiro atoms. The third kappa shape index (κ3) is 3.50. The topological polar surface area (TPSA) is 49.6 Å². The standard InChI is InChI=1S/C18H19ClN4OS/c19-16-5-4-14(22-6-2-1-3-7-22)10-15(16)17(24)20-11-13-12-23-8-9-25-18(23)21-13/h4-5,8-10,12H,1-3,6-7,11H2,(H,20,24). The van der Waals surface area contributed by atoms with Crippen molar-refractivity contribution in [1.82, 2.24) is 14.7 Å². The summed E-state index contributed by atoms with van der Waals surface area (Å²) in [5, 5.41) is 5.38. The SMILES string of the molecule is O=C(NCc1cn2ccsc2n1)c1cc(N2CCCCC2)ccc1Cl. The fourth-order valence-electron chi connectivity index (χ4n) is 3.16. The van der Waals surface area contributed by atoms with E-state index in [1.165, 1.54) is 19.3 Å². The molecule has 25 heavy (non-hydrogen) atoms. The summed E-state index contributed by atoms with van der Waals surface area (Å²) in [4.78, 5) is 20.3. The van der Waals surface area contributed by atoms with Gasteiger partial charge in [0.1, 0.15) is 0 Å². The minimum absolute atomic E-state index is 0.166. The van der Waals surface area contributed by atoms with Crippen LogP contribution in [0.5, 0.6) is 0 Å². The number of benzene rings is 1. The zero-order chi connectivity index (χ0) is 17.2. The summed E-state index contributed by atoms with van der Waals surface area (Å²) in [7, 11) is 0. The molecular weight excluding hydrogens is 356 g/mol. The Morgan fingerprint density at radius 2 is 2.12 bits per heavy atom. The molecule has 5 nitrogen and oxygen atoms in total. The van der Waals surface area contributed by atoms with Crippen LogP contribution in [0.15, 0.2) is 36.0 Å². The lowest BCUT2D eigenvalue weighted by atomic mass is 10.1. The molecule has 7 heteroatoms. The molecule has 0 radical (unpaired) electrons. The van der Waals surface area contributed by atoms with Gasteiger partial charge in [-0.1, -0.05) is 11.6 Å². The number of hydrogen-bond acceptors (Lipinski definition) is 4. The number of imidazole rings is 1. The van der Waals surface area contributed by atoms with Crippen molar-refractivity contribution in [2.45, 2.75) is 25.8 Å². The monoisotopic (exact) mass is 374 g/mol. The van der Waals surface area contributed by atoms with Gasteiger partial charge in [0.15, 0.2) is 4.96 Å². The largest absolute Gasteiger partial charge is 0.372 e. The van der Waals surface area contributed by atoms with Gasteiger partial charge < -0.3 is 10.2 Å². The molecule has 130 valence electrons. The van der Waals surface area contributed by atoms with Crippen LogP contribution in [0, 0.1) is 0 Å². The number of nitrogens with one attached hydrogen (secondary N) is 1. The number of thiazole rings is 1. The van der Waals surface area contributed by atoms with Crippen molar-refractivity contribution in [3.8, 4) is 0 Å². The van der Waals surface area contributed by atoms with Crippen molar-refractivity contribution in [3.63, 3.8) is 0 Å². The number of carbonyl (C=O) groups is 1. The van der Waals surface area contributed by atoms with E-state index in [0.717, 1.165) is 29.4 Å². The highest BCUT2D eigenvalue weighted by atomic mass is 35.5. The number of amides is 1. The first-order valence-electron chi connectivity index (χ1n) is 8.44. The average Bonchev–Trinajstić information content (AvgIpc) is 3.22. The van der Waals surface area contributed by atoms with E-state index in [1.807, 2.05) is 40.4 Å². The Balaban J connectivity index is 1.47. The molecule has 1 aliphatic rings. The van der Waals surface area contributed by atoms with E-state index in [0.29, 0.717) is 17.1 Å². The zero-order valence-electron chi connectivity index (χ0n) is 13.7. The summed E-state index contributed by atoms with van der Waals surface area (Å²) >= 11 is 7.83. The molecular formula is C18H19ClN4OS. The molecule has 1 saturated heterocycles. The number of carbonyl (C=O) groups excluding carboxylic acids is 1. The van der Waals surface area contributed by atoms with Gasteiger partial charge in [-0.3, -0.25) is 9.20 Å². The summed E-state index contributed by atoms with van der Waals surface area (Å²) in [6, 6.07) is 5.70. The van der Waals surface area contributed by atoms with E-state index in [2.05, 4.69) is 15.2 Å². The third-order valence-electron chi connectivity index (χ3n) is 4.49. The summed E-state index contributed by atoms with van der Waals surface area (Å²) < 4.78 is 1.95. The average molecular weight is 375 g/mol. The fourth-order valence-corrected chi connectivity index (χ4v) is 4.09. The van der Waals surface area contributed by atoms with Crippen molar-refractivity contribution < 1.29 is 4.79 Å². The summed E-state index contributed by atoms with van der Waals surface area (Å²) in [5.74, 6) is -0.166. The second-order valence-electron chi connectivity index (χ2n) is 6.22. The Bertz CT molecular complexity index is 869. The quantitative estimate of drug-likeness (QED) is 0.751. The summed E-state index contributed by atoms with van der Waals surface area (Å²) in [5.41, 5.74) is 2.42.